The van der Waals surface area contributed by atoms with Crippen molar-refractivity contribution >= 4 is 0 Å². The Kier molecular flexibility index (Phi) is 5.02. The molecule has 2 N–H and O–H groups in total. The Morgan fingerprint density at radius 1 is 1.22 bits per heavy atom. The van der Waals surface area contributed by atoms with Crippen molar-refractivity contribution in [3.63, 3.8) is 0 Å². The van der Waals surface area contributed by atoms with Gasteiger partial charge in [-0.1, -0.05) is 12.1 Å². The number of ether oxygens (including phenoxy) is 1. The van der Waals surface area contributed by atoms with E-state index in [-0.39, 0.29) is 0 Å². The molecule has 1 fully saturated rings. The molecule has 0 radical (unpaired) electrons. The zero-order valence-electron chi connectivity index (χ0n) is 11.3. The molecule has 1 aromatic carbocycles. The molecular formula is C15H24N2O. The predicted octanol–water partition coefficient (Wildman–Crippen LogP) is 2.57. The summed E-state index contributed by atoms with van der Waals surface area (Å²) < 4.78 is 5.49. The van der Waals surface area contributed by atoms with Gasteiger partial charge in [0.1, 0.15) is 5.75 Å². The molecule has 100 valence electrons. The highest BCUT2D eigenvalue weighted by Crippen LogP contribution is 2.28. The summed E-state index contributed by atoms with van der Waals surface area (Å²) in [7, 11) is 0. The lowest BCUT2D eigenvalue weighted by Crippen LogP contribution is -2.27. The summed E-state index contributed by atoms with van der Waals surface area (Å²) in [4.78, 5) is 2.56. The van der Waals surface area contributed by atoms with Gasteiger partial charge in [-0.15, -0.1) is 0 Å². The van der Waals surface area contributed by atoms with Crippen molar-refractivity contribution in [1.29, 1.82) is 0 Å². The average molecular weight is 248 g/mol. The standard InChI is InChI=1S/C15H24N2O/c1-2-18-14-7-5-13(6-8-14)15(9-10-16)17-11-3-4-12-17/h5-8,15H,2-4,9-12,16H2,1H3. The van der Waals surface area contributed by atoms with Crippen LogP contribution in [0.1, 0.15) is 37.8 Å². The van der Waals surface area contributed by atoms with Gasteiger partial charge in [-0.05, 0) is 63.5 Å². The van der Waals surface area contributed by atoms with Gasteiger partial charge in [-0.3, -0.25) is 4.90 Å². The highest BCUT2D eigenvalue weighted by molar-refractivity contribution is 5.29. The zero-order chi connectivity index (χ0) is 12.8. The number of benzene rings is 1. The highest BCUT2D eigenvalue weighted by atomic mass is 16.5. The Labute approximate surface area is 110 Å². The van der Waals surface area contributed by atoms with Crippen LogP contribution < -0.4 is 10.5 Å². The molecule has 3 heteroatoms. The molecule has 1 saturated heterocycles. The minimum Gasteiger partial charge on any atom is -0.494 e. The number of hydrogen-bond acceptors (Lipinski definition) is 3. The normalized spacial score (nSPS) is 17.9. The second-order valence-electron chi connectivity index (χ2n) is 4.84. The van der Waals surface area contributed by atoms with Crippen LogP contribution in [0.5, 0.6) is 5.75 Å². The molecule has 1 atom stereocenters. The van der Waals surface area contributed by atoms with Crippen LogP contribution in [0.4, 0.5) is 0 Å². The van der Waals surface area contributed by atoms with E-state index in [1.807, 2.05) is 6.92 Å². The maximum absolute atomic E-state index is 5.76. The molecule has 1 heterocycles. The summed E-state index contributed by atoms with van der Waals surface area (Å²) in [6.45, 7) is 5.89. The minimum absolute atomic E-state index is 0.480. The van der Waals surface area contributed by atoms with E-state index >= 15 is 0 Å². The lowest BCUT2D eigenvalue weighted by atomic mass is 10.0. The largest absolute Gasteiger partial charge is 0.494 e. The quantitative estimate of drug-likeness (QED) is 0.841. The van der Waals surface area contributed by atoms with Crippen molar-refractivity contribution in [3.05, 3.63) is 29.8 Å². The third-order valence-electron chi connectivity index (χ3n) is 3.60. The molecule has 1 aliphatic rings. The van der Waals surface area contributed by atoms with E-state index in [1.165, 1.54) is 31.5 Å². The van der Waals surface area contributed by atoms with Gasteiger partial charge >= 0.3 is 0 Å². The monoisotopic (exact) mass is 248 g/mol. The number of nitrogens with two attached hydrogens (primary N) is 1. The van der Waals surface area contributed by atoms with Gasteiger partial charge in [0.2, 0.25) is 0 Å². The van der Waals surface area contributed by atoms with Crippen molar-refractivity contribution in [3.8, 4) is 5.75 Å². The molecule has 0 aromatic heterocycles. The summed E-state index contributed by atoms with van der Waals surface area (Å²) in [6.07, 6.45) is 3.67. The lowest BCUT2D eigenvalue weighted by molar-refractivity contribution is 0.235. The smallest absolute Gasteiger partial charge is 0.119 e. The van der Waals surface area contributed by atoms with Gasteiger partial charge in [-0.2, -0.15) is 0 Å². The van der Waals surface area contributed by atoms with E-state index < -0.39 is 0 Å². The molecular weight excluding hydrogens is 224 g/mol. The summed E-state index contributed by atoms with van der Waals surface area (Å²) in [6, 6.07) is 8.98. The highest BCUT2D eigenvalue weighted by Gasteiger charge is 2.22. The van der Waals surface area contributed by atoms with Crippen LogP contribution in [0.3, 0.4) is 0 Å². The maximum atomic E-state index is 5.76. The Morgan fingerprint density at radius 2 is 1.89 bits per heavy atom. The van der Waals surface area contributed by atoms with Crippen molar-refractivity contribution in [2.24, 2.45) is 5.73 Å². The van der Waals surface area contributed by atoms with E-state index in [0.717, 1.165) is 25.3 Å². The van der Waals surface area contributed by atoms with Crippen LogP contribution in [0.2, 0.25) is 0 Å². The van der Waals surface area contributed by atoms with E-state index in [4.69, 9.17) is 10.5 Å². The summed E-state index contributed by atoms with van der Waals surface area (Å²) >= 11 is 0. The first kappa shape index (κ1) is 13.4. The molecule has 1 aromatic rings. The minimum atomic E-state index is 0.480. The third-order valence-corrected chi connectivity index (χ3v) is 3.60. The second-order valence-corrected chi connectivity index (χ2v) is 4.84. The lowest BCUT2D eigenvalue weighted by Gasteiger charge is -2.27. The summed E-state index contributed by atoms with van der Waals surface area (Å²) in [5.74, 6) is 0.953. The first-order chi connectivity index (χ1) is 8.85. The Bertz CT molecular complexity index is 344. The first-order valence-electron chi connectivity index (χ1n) is 7.02. The molecule has 18 heavy (non-hydrogen) atoms. The number of nitrogens with zero attached hydrogens (tertiary/aromatic N) is 1. The van der Waals surface area contributed by atoms with Crippen LogP contribution in [0.15, 0.2) is 24.3 Å². The topological polar surface area (TPSA) is 38.5 Å². The van der Waals surface area contributed by atoms with Gasteiger partial charge < -0.3 is 10.5 Å². The Morgan fingerprint density at radius 3 is 2.44 bits per heavy atom. The summed E-state index contributed by atoms with van der Waals surface area (Å²) in [5.41, 5.74) is 7.13. The van der Waals surface area contributed by atoms with E-state index in [2.05, 4.69) is 29.2 Å². The second kappa shape index (κ2) is 6.76. The van der Waals surface area contributed by atoms with Crippen LogP contribution in [-0.2, 0) is 0 Å². The van der Waals surface area contributed by atoms with Crippen molar-refractivity contribution in [1.82, 2.24) is 4.90 Å². The third kappa shape index (κ3) is 3.24. The fourth-order valence-corrected chi connectivity index (χ4v) is 2.72. The van der Waals surface area contributed by atoms with Gasteiger partial charge in [0.25, 0.3) is 0 Å². The fourth-order valence-electron chi connectivity index (χ4n) is 2.72. The van der Waals surface area contributed by atoms with Crippen LogP contribution in [-0.4, -0.2) is 31.1 Å². The van der Waals surface area contributed by atoms with Crippen LogP contribution in [0.25, 0.3) is 0 Å². The van der Waals surface area contributed by atoms with E-state index in [0.29, 0.717) is 6.04 Å². The van der Waals surface area contributed by atoms with Crippen LogP contribution in [0, 0.1) is 0 Å². The molecule has 0 amide bonds. The van der Waals surface area contributed by atoms with E-state index in [1.54, 1.807) is 0 Å². The molecule has 1 unspecified atom stereocenters. The zero-order valence-corrected chi connectivity index (χ0v) is 11.3. The predicted molar refractivity (Wildman–Crippen MR) is 74.8 cm³/mol. The molecule has 0 aliphatic carbocycles. The number of likely N-dealkylation sites (tertiary alicyclic amines) is 1. The SMILES string of the molecule is CCOc1ccc(C(CCN)N2CCCC2)cc1. The van der Waals surface area contributed by atoms with Crippen LogP contribution >= 0.6 is 0 Å². The van der Waals surface area contributed by atoms with Gasteiger partial charge in [-0.25, -0.2) is 0 Å². The first-order valence-corrected chi connectivity index (χ1v) is 7.02. The molecule has 0 spiro atoms. The van der Waals surface area contributed by atoms with Crippen molar-refractivity contribution in [2.45, 2.75) is 32.2 Å². The Hall–Kier alpha value is -1.06. The van der Waals surface area contributed by atoms with Gasteiger partial charge in [0.15, 0.2) is 0 Å². The summed E-state index contributed by atoms with van der Waals surface area (Å²) in [5, 5.41) is 0. The molecule has 1 aliphatic heterocycles. The Balaban J connectivity index is 2.09. The van der Waals surface area contributed by atoms with E-state index in [9.17, 15) is 0 Å². The van der Waals surface area contributed by atoms with Gasteiger partial charge in [0.05, 0.1) is 6.61 Å². The van der Waals surface area contributed by atoms with Crippen molar-refractivity contribution < 1.29 is 4.74 Å². The molecule has 0 bridgehead atoms. The number of rotatable bonds is 6. The fraction of sp³-hybridized carbons (Fsp3) is 0.600. The van der Waals surface area contributed by atoms with Gasteiger partial charge in [0, 0.05) is 6.04 Å². The maximum Gasteiger partial charge on any atom is 0.119 e. The number of hydrogen-bond donors (Lipinski definition) is 1. The molecule has 0 saturated carbocycles. The molecule has 2 rings (SSSR count). The van der Waals surface area contributed by atoms with Crippen molar-refractivity contribution in [2.75, 3.05) is 26.2 Å². The molecule has 3 nitrogen and oxygen atoms in total. The average Bonchev–Trinajstić information content (AvgIpc) is 2.91.